The SMILES string of the molecule is O=C(O)c1cncc2c1NCC2. The predicted octanol–water partition coefficient (Wildman–Crippen LogP) is 0.748. The van der Waals surface area contributed by atoms with Crippen molar-refractivity contribution in [3.8, 4) is 0 Å². The number of nitrogens with zero attached hydrogens (tertiary/aromatic N) is 1. The molecular weight excluding hydrogens is 156 g/mol. The number of aromatic nitrogens is 1. The summed E-state index contributed by atoms with van der Waals surface area (Å²) < 4.78 is 0. The summed E-state index contributed by atoms with van der Waals surface area (Å²) in [5.41, 5.74) is 2.00. The number of carboxylic acids is 1. The van der Waals surface area contributed by atoms with Crippen LogP contribution in [0.5, 0.6) is 0 Å². The van der Waals surface area contributed by atoms with Crippen LogP contribution in [0.15, 0.2) is 12.4 Å². The Hall–Kier alpha value is -1.58. The zero-order valence-electron chi connectivity index (χ0n) is 6.37. The van der Waals surface area contributed by atoms with Crippen LogP contribution in [-0.2, 0) is 6.42 Å². The third-order valence-corrected chi connectivity index (χ3v) is 1.95. The fourth-order valence-electron chi connectivity index (χ4n) is 1.39. The second-order valence-electron chi connectivity index (χ2n) is 2.70. The first-order chi connectivity index (χ1) is 5.79. The van der Waals surface area contributed by atoms with E-state index in [9.17, 15) is 4.79 Å². The average molecular weight is 164 g/mol. The summed E-state index contributed by atoms with van der Waals surface area (Å²) in [7, 11) is 0. The zero-order valence-corrected chi connectivity index (χ0v) is 6.37. The standard InChI is InChI=1S/C8H8N2O2/c11-8(12)6-4-9-3-5-1-2-10-7(5)6/h3-4,10H,1-2H2,(H,11,12). The number of hydrogen-bond acceptors (Lipinski definition) is 3. The maximum Gasteiger partial charge on any atom is 0.339 e. The molecule has 0 saturated heterocycles. The maximum absolute atomic E-state index is 10.7. The molecule has 0 spiro atoms. The minimum Gasteiger partial charge on any atom is -0.478 e. The van der Waals surface area contributed by atoms with Crippen LogP contribution < -0.4 is 5.32 Å². The highest BCUT2D eigenvalue weighted by Crippen LogP contribution is 2.24. The van der Waals surface area contributed by atoms with Gasteiger partial charge in [0.1, 0.15) is 5.56 Å². The Morgan fingerprint density at radius 1 is 1.58 bits per heavy atom. The topological polar surface area (TPSA) is 62.2 Å². The molecule has 0 atom stereocenters. The largest absolute Gasteiger partial charge is 0.478 e. The van der Waals surface area contributed by atoms with Crippen LogP contribution in [0.4, 0.5) is 5.69 Å². The van der Waals surface area contributed by atoms with Crippen molar-refractivity contribution in [2.75, 3.05) is 11.9 Å². The smallest absolute Gasteiger partial charge is 0.339 e. The number of rotatable bonds is 1. The highest BCUT2D eigenvalue weighted by Gasteiger charge is 2.17. The molecule has 2 N–H and O–H groups in total. The molecule has 2 heterocycles. The zero-order chi connectivity index (χ0) is 8.55. The second-order valence-corrected chi connectivity index (χ2v) is 2.70. The summed E-state index contributed by atoms with van der Waals surface area (Å²) in [6, 6.07) is 0. The summed E-state index contributed by atoms with van der Waals surface area (Å²) in [5.74, 6) is -0.922. The second kappa shape index (κ2) is 2.48. The van der Waals surface area contributed by atoms with Gasteiger partial charge in [0.25, 0.3) is 0 Å². The van der Waals surface area contributed by atoms with Crippen molar-refractivity contribution in [3.05, 3.63) is 23.5 Å². The van der Waals surface area contributed by atoms with E-state index in [1.807, 2.05) is 0 Å². The minimum atomic E-state index is -0.922. The van der Waals surface area contributed by atoms with E-state index in [0.717, 1.165) is 24.2 Å². The van der Waals surface area contributed by atoms with Gasteiger partial charge < -0.3 is 10.4 Å². The van der Waals surface area contributed by atoms with Crippen LogP contribution >= 0.6 is 0 Å². The molecule has 1 aliphatic heterocycles. The van der Waals surface area contributed by atoms with Crippen LogP contribution in [0, 0.1) is 0 Å². The van der Waals surface area contributed by atoms with Crippen molar-refractivity contribution in [1.29, 1.82) is 0 Å². The van der Waals surface area contributed by atoms with Gasteiger partial charge in [0, 0.05) is 18.9 Å². The molecule has 0 fully saturated rings. The molecule has 1 aromatic heterocycles. The van der Waals surface area contributed by atoms with Crippen LogP contribution in [0.1, 0.15) is 15.9 Å². The number of pyridine rings is 1. The third kappa shape index (κ3) is 0.922. The summed E-state index contributed by atoms with van der Waals surface area (Å²) >= 11 is 0. The van der Waals surface area contributed by atoms with Crippen molar-refractivity contribution in [2.45, 2.75) is 6.42 Å². The Labute approximate surface area is 69.2 Å². The first-order valence-electron chi connectivity index (χ1n) is 3.73. The van der Waals surface area contributed by atoms with Gasteiger partial charge in [0.15, 0.2) is 0 Å². The maximum atomic E-state index is 10.7. The van der Waals surface area contributed by atoms with E-state index in [1.165, 1.54) is 6.20 Å². The molecule has 12 heavy (non-hydrogen) atoms. The van der Waals surface area contributed by atoms with Crippen LogP contribution in [0.3, 0.4) is 0 Å². The van der Waals surface area contributed by atoms with Crippen molar-refractivity contribution in [1.82, 2.24) is 4.98 Å². The molecule has 4 nitrogen and oxygen atoms in total. The number of hydrogen-bond donors (Lipinski definition) is 2. The number of carboxylic acid groups (broad SMARTS) is 1. The van der Waals surface area contributed by atoms with Gasteiger partial charge in [-0.2, -0.15) is 0 Å². The molecule has 0 aliphatic carbocycles. The van der Waals surface area contributed by atoms with Crippen LogP contribution in [0.25, 0.3) is 0 Å². The van der Waals surface area contributed by atoms with E-state index in [0.29, 0.717) is 0 Å². The minimum absolute atomic E-state index is 0.269. The lowest BCUT2D eigenvalue weighted by Crippen LogP contribution is -2.02. The van der Waals surface area contributed by atoms with Crippen LogP contribution in [-0.4, -0.2) is 22.6 Å². The van der Waals surface area contributed by atoms with Gasteiger partial charge in [0.2, 0.25) is 0 Å². The van der Waals surface area contributed by atoms with Crippen molar-refractivity contribution < 1.29 is 9.90 Å². The van der Waals surface area contributed by atoms with E-state index in [1.54, 1.807) is 6.20 Å². The highest BCUT2D eigenvalue weighted by atomic mass is 16.4. The van der Waals surface area contributed by atoms with Gasteiger partial charge in [-0.25, -0.2) is 4.79 Å². The Morgan fingerprint density at radius 2 is 2.42 bits per heavy atom. The summed E-state index contributed by atoms with van der Waals surface area (Å²) in [5, 5.41) is 11.8. The highest BCUT2D eigenvalue weighted by molar-refractivity contribution is 5.95. The first kappa shape index (κ1) is 7.09. The Morgan fingerprint density at radius 3 is 3.17 bits per heavy atom. The fourth-order valence-corrected chi connectivity index (χ4v) is 1.39. The van der Waals surface area contributed by atoms with Gasteiger partial charge in [-0.3, -0.25) is 4.98 Å². The molecule has 1 aromatic rings. The Kier molecular flexibility index (Phi) is 1.46. The van der Waals surface area contributed by atoms with E-state index in [2.05, 4.69) is 10.3 Å². The average Bonchev–Trinajstić information content (AvgIpc) is 2.49. The van der Waals surface area contributed by atoms with Crippen molar-refractivity contribution in [3.63, 3.8) is 0 Å². The normalized spacial score (nSPS) is 13.7. The molecule has 0 radical (unpaired) electrons. The van der Waals surface area contributed by atoms with Gasteiger partial charge in [-0.1, -0.05) is 0 Å². The Bertz CT molecular complexity index is 336. The summed E-state index contributed by atoms with van der Waals surface area (Å²) in [6.07, 6.45) is 3.95. The molecule has 0 saturated carbocycles. The van der Waals surface area contributed by atoms with Gasteiger partial charge >= 0.3 is 5.97 Å². The molecule has 0 bridgehead atoms. The number of aromatic carboxylic acids is 1. The fraction of sp³-hybridized carbons (Fsp3) is 0.250. The molecule has 0 unspecified atom stereocenters. The summed E-state index contributed by atoms with van der Waals surface area (Å²) in [4.78, 5) is 14.5. The lowest BCUT2D eigenvalue weighted by atomic mass is 10.1. The summed E-state index contributed by atoms with van der Waals surface area (Å²) in [6.45, 7) is 0.807. The van der Waals surface area contributed by atoms with E-state index in [-0.39, 0.29) is 5.56 Å². The van der Waals surface area contributed by atoms with E-state index >= 15 is 0 Å². The van der Waals surface area contributed by atoms with Gasteiger partial charge in [0.05, 0.1) is 5.69 Å². The van der Waals surface area contributed by atoms with Crippen molar-refractivity contribution >= 4 is 11.7 Å². The van der Waals surface area contributed by atoms with E-state index in [4.69, 9.17) is 5.11 Å². The van der Waals surface area contributed by atoms with Crippen molar-refractivity contribution in [2.24, 2.45) is 0 Å². The molecule has 1 aliphatic rings. The first-order valence-corrected chi connectivity index (χ1v) is 3.73. The number of anilines is 1. The van der Waals surface area contributed by atoms with Gasteiger partial charge in [-0.05, 0) is 12.0 Å². The third-order valence-electron chi connectivity index (χ3n) is 1.95. The number of nitrogens with one attached hydrogen (secondary N) is 1. The Balaban J connectivity index is 2.56. The van der Waals surface area contributed by atoms with Gasteiger partial charge in [-0.15, -0.1) is 0 Å². The molecular formula is C8H8N2O2. The lowest BCUT2D eigenvalue weighted by molar-refractivity contribution is 0.0697. The predicted molar refractivity (Wildman–Crippen MR) is 43.4 cm³/mol. The molecule has 0 amide bonds. The molecule has 62 valence electrons. The number of carbonyl (C=O) groups is 1. The lowest BCUT2D eigenvalue weighted by Gasteiger charge is -2.02. The monoisotopic (exact) mass is 164 g/mol. The molecule has 4 heteroatoms. The molecule has 0 aromatic carbocycles. The van der Waals surface area contributed by atoms with Crippen LogP contribution in [0.2, 0.25) is 0 Å². The quantitative estimate of drug-likeness (QED) is 0.642. The van der Waals surface area contributed by atoms with E-state index < -0.39 is 5.97 Å². The number of fused-ring (bicyclic) bond motifs is 1. The molecule has 2 rings (SSSR count).